The van der Waals surface area contributed by atoms with Crippen LogP contribution in [0.1, 0.15) is 62.5 Å². The number of nitrogens with one attached hydrogen (secondary N) is 1. The zero-order chi connectivity index (χ0) is 25.0. The molecule has 0 aromatic heterocycles. The zero-order valence-corrected chi connectivity index (χ0v) is 20.5. The molecule has 186 valence electrons. The number of fused-ring (bicyclic) bond motifs is 3. The number of rotatable bonds is 11. The number of nitrogens with zero attached hydrogens (tertiary/aromatic N) is 1. The Hall–Kier alpha value is -3.35. The third-order valence-electron chi connectivity index (χ3n) is 7.65. The lowest BCUT2D eigenvalue weighted by atomic mass is 9.96. The Bertz CT molecular complexity index is 1050. The maximum Gasteiger partial charge on any atom is 0.407 e. The number of alkyl carbamates (subject to hydrolysis) is 1. The summed E-state index contributed by atoms with van der Waals surface area (Å²) in [6.45, 7) is 2.81. The molecule has 2 amide bonds. The number of carbonyl (C=O) groups is 3. The lowest BCUT2D eigenvalue weighted by Crippen LogP contribution is -2.44. The molecule has 1 saturated carbocycles. The lowest BCUT2D eigenvalue weighted by Gasteiger charge is -2.25. The highest BCUT2D eigenvalue weighted by molar-refractivity contribution is 5.89. The van der Waals surface area contributed by atoms with E-state index in [-0.39, 0.29) is 24.3 Å². The van der Waals surface area contributed by atoms with Crippen LogP contribution in [0.5, 0.6) is 0 Å². The van der Waals surface area contributed by atoms with E-state index in [1.165, 1.54) is 27.2 Å². The Balaban J connectivity index is 1.21. The topological polar surface area (TPSA) is 95.9 Å². The molecule has 7 heteroatoms. The molecule has 2 N–H and O–H groups in total. The number of benzene rings is 2. The number of carbonyl (C=O) groups excluding carboxylic acids is 2. The van der Waals surface area contributed by atoms with Gasteiger partial charge in [0.15, 0.2) is 0 Å². The standard InChI is InChI=1S/C28H34N2O5/c1-3-19(12-13-25(31)30(2)28(15-16-28)26(32)33)14-17-29-27(34)35-18-24-22-10-6-4-8-20(22)21-9-5-7-11-23(21)24/h4-11,19,24H,3,12-18H2,1-2H3,(H,29,34)(H,32,33). The van der Waals surface area contributed by atoms with Gasteiger partial charge >= 0.3 is 12.1 Å². The van der Waals surface area contributed by atoms with Gasteiger partial charge < -0.3 is 20.1 Å². The van der Waals surface area contributed by atoms with Crippen molar-refractivity contribution in [1.29, 1.82) is 0 Å². The maximum atomic E-state index is 12.5. The number of hydrogen-bond acceptors (Lipinski definition) is 4. The summed E-state index contributed by atoms with van der Waals surface area (Å²) in [5, 5.41) is 12.2. The summed E-state index contributed by atoms with van der Waals surface area (Å²) in [6, 6.07) is 16.5. The molecule has 0 radical (unpaired) electrons. The van der Waals surface area contributed by atoms with Crippen molar-refractivity contribution in [3.8, 4) is 11.1 Å². The molecule has 1 unspecified atom stereocenters. The molecule has 0 aliphatic heterocycles. The van der Waals surface area contributed by atoms with E-state index in [9.17, 15) is 19.5 Å². The average molecular weight is 479 g/mol. The van der Waals surface area contributed by atoms with Gasteiger partial charge in [0.05, 0.1) is 0 Å². The van der Waals surface area contributed by atoms with E-state index in [2.05, 4.69) is 36.5 Å². The second-order valence-electron chi connectivity index (χ2n) is 9.64. The minimum atomic E-state index is -0.996. The Labute approximate surface area is 206 Å². The summed E-state index contributed by atoms with van der Waals surface area (Å²) in [7, 11) is 1.59. The number of carboxylic acids is 1. The van der Waals surface area contributed by atoms with Gasteiger partial charge in [-0.05, 0) is 53.9 Å². The van der Waals surface area contributed by atoms with Crippen LogP contribution in [-0.2, 0) is 14.3 Å². The fourth-order valence-electron chi connectivity index (χ4n) is 5.13. The quantitative estimate of drug-likeness (QED) is 0.484. The van der Waals surface area contributed by atoms with Crippen molar-refractivity contribution >= 4 is 18.0 Å². The molecule has 4 rings (SSSR count). The first kappa shape index (κ1) is 24.8. The van der Waals surface area contributed by atoms with E-state index in [4.69, 9.17) is 4.74 Å². The smallest absolute Gasteiger partial charge is 0.407 e. The number of carboxylic acid groups (broad SMARTS) is 1. The summed E-state index contributed by atoms with van der Waals surface area (Å²) >= 11 is 0. The first-order valence-corrected chi connectivity index (χ1v) is 12.5. The summed E-state index contributed by atoms with van der Waals surface area (Å²) in [5.41, 5.74) is 3.75. The van der Waals surface area contributed by atoms with Gasteiger partial charge in [-0.15, -0.1) is 0 Å². The SMILES string of the molecule is CCC(CCNC(=O)OCC1c2ccccc2-c2ccccc21)CCC(=O)N(C)C1(C(=O)O)CC1. The van der Waals surface area contributed by atoms with Gasteiger partial charge in [0, 0.05) is 25.9 Å². The molecular weight excluding hydrogens is 444 g/mol. The van der Waals surface area contributed by atoms with Crippen molar-refractivity contribution < 1.29 is 24.2 Å². The van der Waals surface area contributed by atoms with E-state index >= 15 is 0 Å². The van der Waals surface area contributed by atoms with Crippen molar-refractivity contribution in [2.45, 2.75) is 56.9 Å². The van der Waals surface area contributed by atoms with Crippen LogP contribution in [0.2, 0.25) is 0 Å². The molecule has 2 aromatic rings. The largest absolute Gasteiger partial charge is 0.479 e. The second-order valence-corrected chi connectivity index (χ2v) is 9.64. The number of likely N-dealkylation sites (N-methyl/N-ethyl adjacent to an activating group) is 1. The first-order valence-electron chi connectivity index (χ1n) is 12.5. The fraction of sp³-hybridized carbons (Fsp3) is 0.464. The molecular formula is C28H34N2O5. The average Bonchev–Trinajstić information content (AvgIpc) is 3.63. The molecule has 0 spiro atoms. The summed E-state index contributed by atoms with van der Waals surface area (Å²) < 4.78 is 5.59. The minimum Gasteiger partial charge on any atom is -0.479 e. The van der Waals surface area contributed by atoms with Crippen LogP contribution >= 0.6 is 0 Å². The van der Waals surface area contributed by atoms with E-state index < -0.39 is 17.6 Å². The predicted molar refractivity (Wildman–Crippen MR) is 133 cm³/mol. The molecule has 7 nitrogen and oxygen atoms in total. The van der Waals surface area contributed by atoms with Gasteiger partial charge in [0.1, 0.15) is 12.1 Å². The maximum absolute atomic E-state index is 12.5. The molecule has 2 aliphatic carbocycles. The van der Waals surface area contributed by atoms with Crippen LogP contribution in [0.4, 0.5) is 4.79 Å². The molecule has 1 fully saturated rings. The summed E-state index contributed by atoms with van der Waals surface area (Å²) in [5.74, 6) is -0.762. The number of amides is 2. The number of hydrogen-bond donors (Lipinski definition) is 2. The van der Waals surface area contributed by atoms with Crippen molar-refractivity contribution in [2.24, 2.45) is 5.92 Å². The molecule has 35 heavy (non-hydrogen) atoms. The van der Waals surface area contributed by atoms with Crippen LogP contribution in [0.25, 0.3) is 11.1 Å². The van der Waals surface area contributed by atoms with Gasteiger partial charge in [0.25, 0.3) is 0 Å². The fourth-order valence-corrected chi connectivity index (χ4v) is 5.13. The van der Waals surface area contributed by atoms with Crippen LogP contribution in [0, 0.1) is 5.92 Å². The van der Waals surface area contributed by atoms with Gasteiger partial charge in [0.2, 0.25) is 5.91 Å². The van der Waals surface area contributed by atoms with Crippen LogP contribution < -0.4 is 5.32 Å². The predicted octanol–water partition coefficient (Wildman–Crippen LogP) is 4.80. The van der Waals surface area contributed by atoms with Crippen molar-refractivity contribution in [2.75, 3.05) is 20.2 Å². The van der Waals surface area contributed by atoms with E-state index in [0.29, 0.717) is 32.2 Å². The van der Waals surface area contributed by atoms with Crippen LogP contribution in [0.3, 0.4) is 0 Å². The highest BCUT2D eigenvalue weighted by atomic mass is 16.5. The van der Waals surface area contributed by atoms with E-state index in [1.54, 1.807) is 7.05 Å². The highest BCUT2D eigenvalue weighted by Crippen LogP contribution is 2.44. The Morgan fingerprint density at radius 1 is 1.06 bits per heavy atom. The van der Waals surface area contributed by atoms with E-state index in [0.717, 1.165) is 12.8 Å². The third-order valence-corrected chi connectivity index (χ3v) is 7.65. The van der Waals surface area contributed by atoms with Gasteiger partial charge in [-0.25, -0.2) is 9.59 Å². The zero-order valence-electron chi connectivity index (χ0n) is 20.5. The Morgan fingerprint density at radius 3 is 2.20 bits per heavy atom. The molecule has 2 aliphatic rings. The van der Waals surface area contributed by atoms with Gasteiger partial charge in [-0.2, -0.15) is 0 Å². The Kier molecular flexibility index (Phi) is 7.43. The second kappa shape index (κ2) is 10.5. The van der Waals surface area contributed by atoms with Crippen molar-refractivity contribution in [1.82, 2.24) is 10.2 Å². The van der Waals surface area contributed by atoms with E-state index in [1.807, 2.05) is 24.3 Å². The lowest BCUT2D eigenvalue weighted by molar-refractivity contribution is -0.151. The van der Waals surface area contributed by atoms with Crippen LogP contribution in [0.15, 0.2) is 48.5 Å². The number of aliphatic carboxylic acids is 1. The molecule has 0 bridgehead atoms. The van der Waals surface area contributed by atoms with Crippen molar-refractivity contribution in [3.63, 3.8) is 0 Å². The third kappa shape index (κ3) is 5.19. The number of ether oxygens (including phenoxy) is 1. The molecule has 0 heterocycles. The first-order chi connectivity index (χ1) is 16.9. The Morgan fingerprint density at radius 2 is 1.66 bits per heavy atom. The van der Waals surface area contributed by atoms with Crippen molar-refractivity contribution in [3.05, 3.63) is 59.7 Å². The highest BCUT2D eigenvalue weighted by Gasteiger charge is 2.55. The molecule has 2 aromatic carbocycles. The van der Waals surface area contributed by atoms with Crippen LogP contribution in [-0.4, -0.2) is 53.7 Å². The normalized spacial score (nSPS) is 16.1. The van der Waals surface area contributed by atoms with Gasteiger partial charge in [-0.1, -0.05) is 61.9 Å². The molecule has 1 atom stereocenters. The minimum absolute atomic E-state index is 0.0279. The van der Waals surface area contributed by atoms with Gasteiger partial charge in [-0.3, -0.25) is 4.79 Å². The summed E-state index contributed by atoms with van der Waals surface area (Å²) in [6.07, 6.45) is 3.21. The molecule has 0 saturated heterocycles. The summed E-state index contributed by atoms with van der Waals surface area (Å²) in [4.78, 5) is 37.7. The monoisotopic (exact) mass is 478 g/mol.